The molecule has 8 heteroatoms. The molecule has 0 atom stereocenters. The van der Waals surface area contributed by atoms with E-state index in [1.807, 2.05) is 0 Å². The lowest BCUT2D eigenvalue weighted by Gasteiger charge is -2.41. The molecule has 0 aromatic heterocycles. The van der Waals surface area contributed by atoms with Crippen LogP contribution < -0.4 is 5.32 Å². The lowest BCUT2D eigenvalue weighted by molar-refractivity contribution is -0.931. The van der Waals surface area contributed by atoms with Crippen molar-refractivity contribution < 1.29 is 26.4 Å². The number of rotatable bonds is 8. The molecule has 0 aliphatic carbocycles. The van der Waals surface area contributed by atoms with Crippen molar-refractivity contribution in [3.8, 4) is 0 Å². The number of likely N-dealkylation sites (tertiary alicyclic amines) is 1. The van der Waals surface area contributed by atoms with Crippen LogP contribution in [0.2, 0.25) is 0 Å². The van der Waals surface area contributed by atoms with Gasteiger partial charge in [-0.3, -0.25) is 8.98 Å². The van der Waals surface area contributed by atoms with Gasteiger partial charge in [0.15, 0.2) is 0 Å². The van der Waals surface area contributed by atoms with E-state index in [9.17, 15) is 17.8 Å². The van der Waals surface area contributed by atoms with Crippen molar-refractivity contribution in [3.05, 3.63) is 0 Å². The normalized spacial score (nSPS) is 18.7. The summed E-state index contributed by atoms with van der Waals surface area (Å²) in [4.78, 5) is 10.9. The zero-order valence-corrected chi connectivity index (χ0v) is 12.8. The third-order valence-corrected chi connectivity index (χ3v) is 4.18. The van der Waals surface area contributed by atoms with Crippen molar-refractivity contribution in [1.82, 2.24) is 5.32 Å². The van der Waals surface area contributed by atoms with Crippen LogP contribution in [0.5, 0.6) is 0 Å². The van der Waals surface area contributed by atoms with Gasteiger partial charge >= 0.3 is 0 Å². The Labute approximate surface area is 120 Å². The summed E-state index contributed by atoms with van der Waals surface area (Å²) in [6.45, 7) is 5.72. The van der Waals surface area contributed by atoms with Gasteiger partial charge in [0.1, 0.15) is 0 Å². The Morgan fingerprint density at radius 1 is 1.25 bits per heavy atom. The van der Waals surface area contributed by atoms with Crippen LogP contribution in [0, 0.1) is 0 Å². The summed E-state index contributed by atoms with van der Waals surface area (Å²) in [5, 5.41) is 2.80. The van der Waals surface area contributed by atoms with Gasteiger partial charge in [0.05, 0.1) is 39.3 Å². The number of hydrogen-bond donors (Lipinski definition) is 1. The Hall–Kier alpha value is -0.700. The van der Waals surface area contributed by atoms with Crippen molar-refractivity contribution in [2.45, 2.75) is 32.6 Å². The van der Waals surface area contributed by atoms with Crippen LogP contribution in [0.15, 0.2) is 0 Å². The van der Waals surface area contributed by atoms with Gasteiger partial charge in [0, 0.05) is 13.3 Å². The molecule has 0 spiro atoms. The minimum absolute atomic E-state index is 0.0408. The number of piperidine rings is 1. The summed E-state index contributed by atoms with van der Waals surface area (Å²) in [5.74, 6) is -0.0408. The third-order valence-electron chi connectivity index (χ3n) is 3.73. The molecular weight excluding hydrogens is 284 g/mol. The van der Waals surface area contributed by atoms with Gasteiger partial charge in [-0.15, -0.1) is 0 Å². The number of carbonyl (C=O) groups is 1. The lowest BCUT2D eigenvalue weighted by atomic mass is 10.1. The minimum atomic E-state index is -4.59. The average Bonchev–Trinajstić information content (AvgIpc) is 2.34. The molecule has 0 unspecified atom stereocenters. The monoisotopic (exact) mass is 308 g/mol. The number of nitrogens with zero attached hydrogens (tertiary/aromatic N) is 1. The van der Waals surface area contributed by atoms with Crippen LogP contribution >= 0.6 is 0 Å². The highest BCUT2D eigenvalue weighted by molar-refractivity contribution is 7.80. The largest absolute Gasteiger partial charge is 0.726 e. The standard InChI is InChI=1S/C12H24N2O5S/c1-12(15)13-6-10-14(7-3-2-4-8-14)9-5-11-19-20(16,17)18/h2-11H2,1H3,(H-,13,15,16,17,18). The van der Waals surface area contributed by atoms with Crippen LogP contribution in [0.3, 0.4) is 0 Å². The summed E-state index contributed by atoms with van der Waals surface area (Å²) < 4.78 is 36.2. The highest BCUT2D eigenvalue weighted by atomic mass is 32.3. The van der Waals surface area contributed by atoms with Crippen molar-refractivity contribution in [2.75, 3.05) is 39.3 Å². The molecule has 0 radical (unpaired) electrons. The van der Waals surface area contributed by atoms with Gasteiger partial charge in [0.25, 0.3) is 0 Å². The second kappa shape index (κ2) is 7.92. The van der Waals surface area contributed by atoms with Gasteiger partial charge in [-0.25, -0.2) is 8.42 Å². The summed E-state index contributed by atoms with van der Waals surface area (Å²) >= 11 is 0. The molecule has 0 aromatic carbocycles. The van der Waals surface area contributed by atoms with Crippen LogP contribution in [0.4, 0.5) is 0 Å². The highest BCUT2D eigenvalue weighted by Crippen LogP contribution is 2.19. The summed E-state index contributed by atoms with van der Waals surface area (Å²) in [7, 11) is -4.59. The van der Waals surface area contributed by atoms with E-state index >= 15 is 0 Å². The Kier molecular flexibility index (Phi) is 6.87. The molecule has 0 saturated carbocycles. The van der Waals surface area contributed by atoms with Crippen molar-refractivity contribution in [2.24, 2.45) is 0 Å². The van der Waals surface area contributed by atoms with Crippen molar-refractivity contribution >= 4 is 16.3 Å². The summed E-state index contributed by atoms with van der Waals surface area (Å²) in [6, 6.07) is 0. The van der Waals surface area contributed by atoms with Gasteiger partial charge in [-0.05, 0) is 19.3 Å². The second-order valence-corrected chi connectivity index (χ2v) is 6.42. The van der Waals surface area contributed by atoms with E-state index in [1.54, 1.807) is 0 Å². The predicted octanol–water partition coefficient (Wildman–Crippen LogP) is -0.00990. The Morgan fingerprint density at radius 3 is 2.45 bits per heavy atom. The Morgan fingerprint density at radius 2 is 1.90 bits per heavy atom. The van der Waals surface area contributed by atoms with E-state index in [0.717, 1.165) is 43.5 Å². The van der Waals surface area contributed by atoms with Gasteiger partial charge in [-0.2, -0.15) is 0 Å². The van der Waals surface area contributed by atoms with Crippen LogP contribution in [0.25, 0.3) is 0 Å². The smallest absolute Gasteiger partial charge is 0.217 e. The Balaban J connectivity index is 2.40. The quantitative estimate of drug-likeness (QED) is 0.294. The van der Waals surface area contributed by atoms with Crippen molar-refractivity contribution in [1.29, 1.82) is 0 Å². The molecule has 7 nitrogen and oxygen atoms in total. The zero-order chi connectivity index (χ0) is 15.1. The molecule has 1 saturated heterocycles. The fraction of sp³-hybridized carbons (Fsp3) is 0.917. The van der Waals surface area contributed by atoms with Crippen LogP contribution in [-0.4, -0.2) is 62.7 Å². The molecule has 1 aliphatic heterocycles. The van der Waals surface area contributed by atoms with Crippen LogP contribution in [-0.2, 0) is 19.4 Å². The van der Waals surface area contributed by atoms with E-state index in [4.69, 9.17) is 0 Å². The molecule has 1 amide bonds. The molecule has 1 heterocycles. The van der Waals surface area contributed by atoms with E-state index in [-0.39, 0.29) is 12.5 Å². The molecule has 118 valence electrons. The van der Waals surface area contributed by atoms with E-state index < -0.39 is 10.4 Å². The van der Waals surface area contributed by atoms with Gasteiger partial charge < -0.3 is 14.4 Å². The lowest BCUT2D eigenvalue weighted by Crippen LogP contribution is -2.55. The zero-order valence-electron chi connectivity index (χ0n) is 12.0. The van der Waals surface area contributed by atoms with Gasteiger partial charge in [0.2, 0.25) is 16.3 Å². The first kappa shape index (κ1) is 17.4. The third kappa shape index (κ3) is 7.18. The maximum absolute atomic E-state index is 10.9. The number of hydrogen-bond acceptors (Lipinski definition) is 5. The molecule has 0 bridgehead atoms. The first-order valence-corrected chi connectivity index (χ1v) is 8.36. The molecular formula is C12H24N2O5S. The molecule has 1 rings (SSSR count). The molecule has 1 fully saturated rings. The number of carbonyl (C=O) groups excluding carboxylic acids is 1. The first-order valence-electron chi connectivity index (χ1n) is 7.03. The summed E-state index contributed by atoms with van der Waals surface area (Å²) in [6.07, 6.45) is 4.02. The molecule has 0 aromatic rings. The molecule has 1 N–H and O–H groups in total. The predicted molar refractivity (Wildman–Crippen MR) is 72.5 cm³/mol. The fourth-order valence-corrected chi connectivity index (χ4v) is 3.09. The van der Waals surface area contributed by atoms with Crippen LogP contribution in [0.1, 0.15) is 32.6 Å². The average molecular weight is 308 g/mol. The van der Waals surface area contributed by atoms with E-state index in [0.29, 0.717) is 13.0 Å². The molecule has 20 heavy (non-hydrogen) atoms. The highest BCUT2D eigenvalue weighted by Gasteiger charge is 2.29. The Bertz CT molecular complexity index is 404. The van der Waals surface area contributed by atoms with E-state index in [2.05, 4.69) is 9.50 Å². The maximum atomic E-state index is 10.9. The van der Waals surface area contributed by atoms with Gasteiger partial charge in [-0.1, -0.05) is 0 Å². The number of amides is 1. The second-order valence-electron chi connectivity index (χ2n) is 5.36. The number of quaternary nitrogens is 1. The SMILES string of the molecule is CC(=O)NCC[N+]1(CCCOS(=O)(=O)[O-])CCCCC1. The summed E-state index contributed by atoms with van der Waals surface area (Å²) in [5.41, 5.74) is 0. The number of nitrogens with one attached hydrogen (secondary N) is 1. The fourth-order valence-electron chi connectivity index (χ4n) is 2.77. The topological polar surface area (TPSA) is 95.5 Å². The maximum Gasteiger partial charge on any atom is 0.217 e. The van der Waals surface area contributed by atoms with Crippen molar-refractivity contribution in [3.63, 3.8) is 0 Å². The first-order chi connectivity index (χ1) is 9.33. The van der Waals surface area contributed by atoms with E-state index in [1.165, 1.54) is 13.3 Å². The molecule has 1 aliphatic rings. The minimum Gasteiger partial charge on any atom is -0.726 e.